The second kappa shape index (κ2) is 7.72. The number of hydrogen-bond donors (Lipinski definition) is 0. The summed E-state index contributed by atoms with van der Waals surface area (Å²) in [6.45, 7) is 5.75. The fourth-order valence-electron chi connectivity index (χ4n) is 3.03. The lowest BCUT2D eigenvalue weighted by Crippen LogP contribution is -2.09. The minimum absolute atomic E-state index is 0.243. The molecule has 0 spiro atoms. The normalized spacial score (nSPS) is 11.2. The van der Waals surface area contributed by atoms with Crippen LogP contribution in [0.1, 0.15) is 46.8 Å². The van der Waals surface area contributed by atoms with Crippen molar-refractivity contribution in [3.63, 3.8) is 0 Å². The van der Waals surface area contributed by atoms with Crippen LogP contribution in [0.4, 0.5) is 8.78 Å². The van der Waals surface area contributed by atoms with Crippen LogP contribution in [0.5, 0.6) is 0 Å². The van der Waals surface area contributed by atoms with Crippen molar-refractivity contribution in [2.24, 2.45) is 0 Å². The van der Waals surface area contributed by atoms with Gasteiger partial charge in [-0.05, 0) is 48.2 Å². The summed E-state index contributed by atoms with van der Waals surface area (Å²) in [7, 11) is 0. The molecule has 3 rings (SSSR count). The van der Waals surface area contributed by atoms with Gasteiger partial charge in [0.05, 0.1) is 10.6 Å². The first-order chi connectivity index (χ1) is 13.2. The Bertz CT molecular complexity index is 1140. The molecule has 0 atom stereocenters. The van der Waals surface area contributed by atoms with Crippen LogP contribution in [0.25, 0.3) is 11.0 Å². The molecule has 0 saturated heterocycles. The van der Waals surface area contributed by atoms with E-state index in [-0.39, 0.29) is 23.1 Å². The number of benzene rings is 2. The predicted molar refractivity (Wildman–Crippen MR) is 102 cm³/mol. The Balaban J connectivity index is 1.96. The average Bonchev–Trinajstić information content (AvgIpc) is 2.61. The minimum Gasteiger partial charge on any atom is -0.457 e. The van der Waals surface area contributed by atoms with Crippen LogP contribution in [-0.4, -0.2) is 5.97 Å². The minimum atomic E-state index is -1.21. The van der Waals surface area contributed by atoms with Crippen molar-refractivity contribution in [3.05, 3.63) is 79.7 Å². The highest BCUT2D eigenvalue weighted by molar-refractivity contribution is 6.33. The van der Waals surface area contributed by atoms with Gasteiger partial charge in [-0.1, -0.05) is 25.4 Å². The van der Waals surface area contributed by atoms with E-state index in [1.807, 2.05) is 26.8 Å². The van der Waals surface area contributed by atoms with E-state index in [1.54, 1.807) is 6.07 Å². The number of hydrogen-bond acceptors (Lipinski definition) is 4. The largest absolute Gasteiger partial charge is 0.457 e. The standard InChI is InChI=1S/C21H17ClF2O4/c1-10(2)13-6-14-12(5-20(25)28-19(14)4-11(13)3)9-27-21(26)15-7-17(23)18(24)8-16(15)22/h4-8,10H,9H2,1-3H3. The van der Waals surface area contributed by atoms with E-state index in [9.17, 15) is 18.4 Å². The van der Waals surface area contributed by atoms with Crippen LogP contribution in [0, 0.1) is 18.6 Å². The Hall–Kier alpha value is -2.73. The number of fused-ring (bicyclic) bond motifs is 1. The van der Waals surface area contributed by atoms with E-state index in [0.717, 1.165) is 11.1 Å². The summed E-state index contributed by atoms with van der Waals surface area (Å²) >= 11 is 5.80. The van der Waals surface area contributed by atoms with E-state index in [4.69, 9.17) is 20.8 Å². The maximum absolute atomic E-state index is 13.4. The molecule has 0 N–H and O–H groups in total. The molecule has 2 aromatic carbocycles. The Kier molecular flexibility index (Phi) is 5.52. The summed E-state index contributed by atoms with van der Waals surface area (Å²) < 4.78 is 37.0. The third-order valence-electron chi connectivity index (χ3n) is 4.43. The maximum atomic E-state index is 13.4. The summed E-state index contributed by atoms with van der Waals surface area (Å²) in [6.07, 6.45) is 0. The molecule has 0 aliphatic carbocycles. The van der Waals surface area contributed by atoms with Crippen molar-refractivity contribution in [1.29, 1.82) is 0 Å². The Morgan fingerprint density at radius 3 is 2.50 bits per heavy atom. The molecule has 3 aromatic rings. The average molecular weight is 407 g/mol. The monoisotopic (exact) mass is 406 g/mol. The highest BCUT2D eigenvalue weighted by Gasteiger charge is 2.18. The molecular formula is C21H17ClF2O4. The zero-order chi connectivity index (χ0) is 20.6. The van der Waals surface area contributed by atoms with Crippen LogP contribution in [0.15, 0.2) is 39.5 Å². The third-order valence-corrected chi connectivity index (χ3v) is 4.74. The number of halogens is 3. The number of ether oxygens (including phenoxy) is 1. The van der Waals surface area contributed by atoms with E-state index >= 15 is 0 Å². The maximum Gasteiger partial charge on any atom is 0.340 e. The number of aryl methyl sites for hydroxylation is 1. The summed E-state index contributed by atoms with van der Waals surface area (Å²) in [4.78, 5) is 24.1. The molecule has 0 aliphatic rings. The molecule has 0 aliphatic heterocycles. The molecule has 0 amide bonds. The lowest BCUT2D eigenvalue weighted by molar-refractivity contribution is 0.0473. The van der Waals surface area contributed by atoms with Crippen LogP contribution in [-0.2, 0) is 11.3 Å². The van der Waals surface area contributed by atoms with Crippen LogP contribution >= 0.6 is 11.6 Å². The quantitative estimate of drug-likeness (QED) is 0.325. The van der Waals surface area contributed by atoms with Gasteiger partial charge in [-0.25, -0.2) is 18.4 Å². The van der Waals surface area contributed by atoms with Crippen molar-refractivity contribution >= 4 is 28.5 Å². The highest BCUT2D eigenvalue weighted by atomic mass is 35.5. The summed E-state index contributed by atoms with van der Waals surface area (Å²) in [6, 6.07) is 6.28. The lowest BCUT2D eigenvalue weighted by Gasteiger charge is -2.13. The highest BCUT2D eigenvalue weighted by Crippen LogP contribution is 2.28. The molecule has 28 heavy (non-hydrogen) atoms. The topological polar surface area (TPSA) is 56.5 Å². The van der Waals surface area contributed by atoms with Gasteiger partial charge in [0, 0.05) is 17.0 Å². The number of esters is 1. The van der Waals surface area contributed by atoms with Crippen LogP contribution < -0.4 is 5.63 Å². The molecule has 1 aromatic heterocycles. The molecular weight excluding hydrogens is 390 g/mol. The molecule has 0 radical (unpaired) electrons. The van der Waals surface area contributed by atoms with Gasteiger partial charge in [0.15, 0.2) is 11.6 Å². The first kappa shape index (κ1) is 20.0. The van der Waals surface area contributed by atoms with Gasteiger partial charge < -0.3 is 9.15 Å². The first-order valence-corrected chi connectivity index (χ1v) is 8.94. The smallest absolute Gasteiger partial charge is 0.340 e. The van der Waals surface area contributed by atoms with Gasteiger partial charge in [-0.2, -0.15) is 0 Å². The summed E-state index contributed by atoms with van der Waals surface area (Å²) in [5.41, 5.74) is 1.99. The van der Waals surface area contributed by atoms with Crippen LogP contribution in [0.2, 0.25) is 5.02 Å². The fraction of sp³-hybridized carbons (Fsp3) is 0.238. The van der Waals surface area contributed by atoms with Gasteiger partial charge in [0.1, 0.15) is 12.2 Å². The van der Waals surface area contributed by atoms with Gasteiger partial charge in [-0.3, -0.25) is 0 Å². The lowest BCUT2D eigenvalue weighted by atomic mass is 9.95. The van der Waals surface area contributed by atoms with Crippen LogP contribution in [0.3, 0.4) is 0 Å². The second-order valence-electron chi connectivity index (χ2n) is 6.77. The van der Waals surface area contributed by atoms with Crippen molar-refractivity contribution in [2.75, 3.05) is 0 Å². The fourth-order valence-corrected chi connectivity index (χ4v) is 3.26. The molecule has 0 saturated carbocycles. The molecule has 7 heteroatoms. The summed E-state index contributed by atoms with van der Waals surface area (Å²) in [5.74, 6) is -3.06. The number of carbonyl (C=O) groups excluding carboxylic acids is 1. The second-order valence-corrected chi connectivity index (χ2v) is 7.18. The predicted octanol–water partition coefficient (Wildman–Crippen LogP) is 5.51. The zero-order valence-corrected chi connectivity index (χ0v) is 16.2. The zero-order valence-electron chi connectivity index (χ0n) is 15.4. The number of rotatable bonds is 4. The molecule has 1 heterocycles. The third kappa shape index (κ3) is 3.92. The van der Waals surface area contributed by atoms with Crippen molar-refractivity contribution < 1.29 is 22.7 Å². The molecule has 0 unspecified atom stereocenters. The van der Waals surface area contributed by atoms with Crippen molar-refractivity contribution in [2.45, 2.75) is 33.3 Å². The van der Waals surface area contributed by atoms with Gasteiger partial charge in [-0.15, -0.1) is 0 Å². The molecule has 0 bridgehead atoms. The van der Waals surface area contributed by atoms with Gasteiger partial charge in [0.25, 0.3) is 0 Å². The van der Waals surface area contributed by atoms with E-state index in [0.29, 0.717) is 28.7 Å². The van der Waals surface area contributed by atoms with Crippen molar-refractivity contribution in [3.8, 4) is 0 Å². The Labute approximate surface area is 164 Å². The number of carbonyl (C=O) groups is 1. The molecule has 0 fully saturated rings. The first-order valence-electron chi connectivity index (χ1n) is 8.56. The molecule has 4 nitrogen and oxygen atoms in total. The molecule has 146 valence electrons. The van der Waals surface area contributed by atoms with Gasteiger partial charge in [0.2, 0.25) is 0 Å². The van der Waals surface area contributed by atoms with E-state index < -0.39 is 23.2 Å². The Morgan fingerprint density at radius 1 is 1.14 bits per heavy atom. The Morgan fingerprint density at radius 2 is 1.82 bits per heavy atom. The van der Waals surface area contributed by atoms with Crippen molar-refractivity contribution in [1.82, 2.24) is 0 Å². The van der Waals surface area contributed by atoms with Gasteiger partial charge >= 0.3 is 11.6 Å². The SMILES string of the molecule is Cc1cc2oc(=O)cc(COC(=O)c3cc(F)c(F)cc3Cl)c2cc1C(C)C. The van der Waals surface area contributed by atoms with E-state index in [2.05, 4.69) is 0 Å². The summed E-state index contributed by atoms with van der Waals surface area (Å²) in [5, 5.41) is 0.372. The van der Waals surface area contributed by atoms with E-state index in [1.165, 1.54) is 6.07 Å².